The topological polar surface area (TPSA) is 61.4 Å². The molecule has 1 atom stereocenters. The van der Waals surface area contributed by atoms with Gasteiger partial charge in [-0.1, -0.05) is 0 Å². The van der Waals surface area contributed by atoms with Crippen LogP contribution in [0.5, 0.6) is 0 Å². The van der Waals surface area contributed by atoms with E-state index in [0.717, 1.165) is 0 Å². The molecule has 0 spiro atoms. The first-order valence-electron chi connectivity index (χ1n) is 2.66. The molecule has 0 saturated carbocycles. The highest BCUT2D eigenvalue weighted by molar-refractivity contribution is 5.88. The second-order valence-electron chi connectivity index (χ2n) is 1.92. The maximum Gasteiger partial charge on any atom is 0.334 e. The molecule has 9 heavy (non-hydrogen) atoms. The fraction of sp³-hybridized carbons (Fsp3) is 0.400. The van der Waals surface area contributed by atoms with Crippen LogP contribution in [-0.4, -0.2) is 17.1 Å². The molecule has 0 saturated heterocycles. The minimum Gasteiger partial charge on any atom is -0.478 e. The Bertz CT molecular complexity index is 164. The van der Waals surface area contributed by atoms with Crippen molar-refractivity contribution >= 4 is 5.97 Å². The Kier molecular flexibility index (Phi) is 1.40. The number of hydrazine groups is 1. The average Bonchev–Trinajstić information content (AvgIpc) is 2.13. The van der Waals surface area contributed by atoms with Crippen LogP contribution in [0.4, 0.5) is 0 Å². The van der Waals surface area contributed by atoms with Gasteiger partial charge in [0.05, 0.1) is 11.6 Å². The highest BCUT2D eigenvalue weighted by Crippen LogP contribution is 2.03. The molecule has 1 aliphatic heterocycles. The van der Waals surface area contributed by atoms with Gasteiger partial charge in [0.1, 0.15) is 0 Å². The van der Waals surface area contributed by atoms with Crippen LogP contribution >= 0.6 is 0 Å². The highest BCUT2D eigenvalue weighted by Gasteiger charge is 2.18. The summed E-state index contributed by atoms with van der Waals surface area (Å²) in [6, 6.07) is -0.0949. The number of aliphatic carboxylic acids is 1. The highest BCUT2D eigenvalue weighted by atomic mass is 16.4. The van der Waals surface area contributed by atoms with E-state index in [1.165, 1.54) is 6.20 Å². The summed E-state index contributed by atoms with van der Waals surface area (Å²) in [5.74, 6) is -0.875. The summed E-state index contributed by atoms with van der Waals surface area (Å²) in [6.45, 7) is 1.78. The maximum absolute atomic E-state index is 10.3. The molecule has 0 amide bonds. The summed E-state index contributed by atoms with van der Waals surface area (Å²) in [6.07, 6.45) is 1.45. The average molecular weight is 128 g/mol. The van der Waals surface area contributed by atoms with Crippen molar-refractivity contribution in [3.8, 4) is 0 Å². The van der Waals surface area contributed by atoms with Crippen LogP contribution in [0.25, 0.3) is 0 Å². The molecule has 1 unspecified atom stereocenters. The number of hydrogen-bond acceptors (Lipinski definition) is 3. The van der Waals surface area contributed by atoms with Gasteiger partial charge in [-0.2, -0.15) is 0 Å². The van der Waals surface area contributed by atoms with E-state index in [-0.39, 0.29) is 6.04 Å². The minimum atomic E-state index is -0.875. The van der Waals surface area contributed by atoms with Gasteiger partial charge in [-0.25, -0.2) is 10.2 Å². The molecule has 3 N–H and O–H groups in total. The first kappa shape index (κ1) is 6.10. The van der Waals surface area contributed by atoms with Crippen LogP contribution in [0.2, 0.25) is 0 Å². The van der Waals surface area contributed by atoms with Gasteiger partial charge in [-0.3, -0.25) is 0 Å². The fourth-order valence-corrected chi connectivity index (χ4v) is 0.694. The third kappa shape index (κ3) is 1.02. The monoisotopic (exact) mass is 128 g/mol. The standard InChI is InChI=1S/C5H8N2O2/c1-3-4(5(8)9)2-6-7-3/h2-3,6-7H,1H3,(H,8,9). The van der Waals surface area contributed by atoms with Crippen molar-refractivity contribution in [2.24, 2.45) is 0 Å². The molecule has 0 aliphatic carbocycles. The number of carbonyl (C=O) groups is 1. The molecule has 0 radical (unpaired) electrons. The van der Waals surface area contributed by atoms with Crippen molar-refractivity contribution < 1.29 is 9.90 Å². The number of carboxylic acids is 1. The van der Waals surface area contributed by atoms with E-state index in [2.05, 4.69) is 10.9 Å². The van der Waals surface area contributed by atoms with E-state index in [1.807, 2.05) is 0 Å². The van der Waals surface area contributed by atoms with Crippen molar-refractivity contribution in [3.05, 3.63) is 11.8 Å². The van der Waals surface area contributed by atoms with E-state index in [0.29, 0.717) is 5.57 Å². The zero-order valence-electron chi connectivity index (χ0n) is 5.01. The van der Waals surface area contributed by atoms with E-state index in [9.17, 15) is 4.79 Å². The van der Waals surface area contributed by atoms with E-state index < -0.39 is 5.97 Å². The number of carboxylic acid groups (broad SMARTS) is 1. The second-order valence-corrected chi connectivity index (χ2v) is 1.92. The third-order valence-corrected chi connectivity index (χ3v) is 1.24. The van der Waals surface area contributed by atoms with Crippen LogP contribution in [0, 0.1) is 0 Å². The lowest BCUT2D eigenvalue weighted by atomic mass is 10.2. The Balaban J connectivity index is 2.68. The van der Waals surface area contributed by atoms with E-state index in [4.69, 9.17) is 5.11 Å². The van der Waals surface area contributed by atoms with Crippen LogP contribution in [0.1, 0.15) is 6.92 Å². The van der Waals surface area contributed by atoms with Crippen LogP contribution < -0.4 is 10.9 Å². The smallest absolute Gasteiger partial charge is 0.334 e. The SMILES string of the molecule is CC1NNC=C1C(=O)O. The second kappa shape index (κ2) is 2.06. The predicted octanol–water partition coefficient (Wildman–Crippen LogP) is -0.549. The van der Waals surface area contributed by atoms with Gasteiger partial charge < -0.3 is 10.5 Å². The van der Waals surface area contributed by atoms with Crippen LogP contribution in [-0.2, 0) is 4.79 Å². The predicted molar refractivity (Wildman–Crippen MR) is 31.5 cm³/mol. The lowest BCUT2D eigenvalue weighted by molar-refractivity contribution is -0.132. The quantitative estimate of drug-likeness (QED) is 0.443. The summed E-state index contributed by atoms with van der Waals surface area (Å²) in [5, 5.41) is 8.44. The Morgan fingerprint density at radius 2 is 2.56 bits per heavy atom. The van der Waals surface area contributed by atoms with Crippen molar-refractivity contribution in [1.29, 1.82) is 0 Å². The maximum atomic E-state index is 10.3. The van der Waals surface area contributed by atoms with E-state index in [1.54, 1.807) is 6.92 Å². The molecule has 0 bridgehead atoms. The summed E-state index contributed by atoms with van der Waals surface area (Å²) in [5.41, 5.74) is 5.71. The Hall–Kier alpha value is -1.03. The molecule has 1 heterocycles. The minimum absolute atomic E-state index is 0.0949. The molecule has 0 aromatic rings. The fourth-order valence-electron chi connectivity index (χ4n) is 0.694. The van der Waals surface area contributed by atoms with E-state index >= 15 is 0 Å². The Morgan fingerprint density at radius 1 is 1.89 bits per heavy atom. The molecular formula is C5H8N2O2. The first-order valence-corrected chi connectivity index (χ1v) is 2.66. The zero-order valence-corrected chi connectivity index (χ0v) is 5.01. The number of hydrogen-bond donors (Lipinski definition) is 3. The van der Waals surface area contributed by atoms with Gasteiger partial charge in [0.2, 0.25) is 0 Å². The molecule has 0 aromatic carbocycles. The first-order chi connectivity index (χ1) is 4.22. The van der Waals surface area contributed by atoms with Crippen molar-refractivity contribution in [3.63, 3.8) is 0 Å². The number of rotatable bonds is 1. The van der Waals surface area contributed by atoms with Gasteiger partial charge in [0.15, 0.2) is 0 Å². The Morgan fingerprint density at radius 3 is 2.78 bits per heavy atom. The summed E-state index contributed by atoms with van der Waals surface area (Å²) >= 11 is 0. The largest absolute Gasteiger partial charge is 0.478 e. The zero-order chi connectivity index (χ0) is 6.85. The van der Waals surface area contributed by atoms with Gasteiger partial charge in [-0.05, 0) is 6.92 Å². The van der Waals surface area contributed by atoms with Gasteiger partial charge in [0.25, 0.3) is 0 Å². The normalized spacial score (nSPS) is 25.0. The van der Waals surface area contributed by atoms with Crippen molar-refractivity contribution in [2.75, 3.05) is 0 Å². The van der Waals surface area contributed by atoms with Crippen LogP contribution in [0.3, 0.4) is 0 Å². The van der Waals surface area contributed by atoms with Gasteiger partial charge in [0, 0.05) is 6.20 Å². The van der Waals surface area contributed by atoms with Crippen molar-refractivity contribution in [2.45, 2.75) is 13.0 Å². The molecule has 1 rings (SSSR count). The molecule has 0 fully saturated rings. The Labute approximate surface area is 52.5 Å². The van der Waals surface area contributed by atoms with Crippen LogP contribution in [0.15, 0.2) is 11.8 Å². The molecule has 4 nitrogen and oxygen atoms in total. The summed E-state index contributed by atoms with van der Waals surface area (Å²) in [7, 11) is 0. The summed E-state index contributed by atoms with van der Waals surface area (Å²) < 4.78 is 0. The summed E-state index contributed by atoms with van der Waals surface area (Å²) in [4.78, 5) is 10.3. The van der Waals surface area contributed by atoms with Crippen molar-refractivity contribution in [1.82, 2.24) is 10.9 Å². The molecular weight excluding hydrogens is 120 g/mol. The molecule has 0 aromatic heterocycles. The van der Waals surface area contributed by atoms with Gasteiger partial charge in [-0.15, -0.1) is 0 Å². The number of nitrogens with one attached hydrogen (secondary N) is 2. The molecule has 50 valence electrons. The molecule has 1 aliphatic rings. The lowest BCUT2D eigenvalue weighted by Crippen LogP contribution is -2.30. The lowest BCUT2D eigenvalue weighted by Gasteiger charge is -2.01. The third-order valence-electron chi connectivity index (χ3n) is 1.24. The molecule has 4 heteroatoms. The van der Waals surface area contributed by atoms with Gasteiger partial charge >= 0.3 is 5.97 Å².